The van der Waals surface area contributed by atoms with Gasteiger partial charge in [0.25, 0.3) is 0 Å². The molecule has 2 amide bonds. The van der Waals surface area contributed by atoms with E-state index in [1.54, 1.807) is 24.3 Å². The van der Waals surface area contributed by atoms with Crippen LogP contribution in [0.25, 0.3) is 0 Å². The molecule has 0 atom stereocenters. The Hall–Kier alpha value is -1.34. The number of hydrogen-bond donors (Lipinski definition) is 2. The van der Waals surface area contributed by atoms with Crippen molar-refractivity contribution in [2.75, 3.05) is 26.1 Å². The van der Waals surface area contributed by atoms with E-state index in [1.807, 2.05) is 0 Å². The quantitative estimate of drug-likeness (QED) is 0.370. The van der Waals surface area contributed by atoms with Crippen molar-refractivity contribution in [3.8, 4) is 0 Å². The van der Waals surface area contributed by atoms with E-state index in [2.05, 4.69) is 5.32 Å². The minimum Gasteiger partial charge on any atom is -0.354 e. The van der Waals surface area contributed by atoms with Gasteiger partial charge in [0.15, 0.2) is 6.29 Å². The number of nitrogens with zero attached hydrogens (tertiary/aromatic N) is 1. The fourth-order valence-corrected chi connectivity index (χ4v) is 1.34. The van der Waals surface area contributed by atoms with Crippen molar-refractivity contribution in [1.82, 2.24) is 5.01 Å². The lowest BCUT2D eigenvalue weighted by molar-refractivity contribution is -0.111. The molecule has 0 aliphatic heterocycles. The number of hydrazine groups is 1. The molecule has 18 heavy (non-hydrogen) atoms. The number of benzene rings is 1. The molecule has 100 valence electrons. The molecule has 0 aromatic heterocycles. The van der Waals surface area contributed by atoms with E-state index >= 15 is 0 Å². The van der Waals surface area contributed by atoms with E-state index in [9.17, 15) is 4.79 Å². The molecule has 0 unspecified atom stereocenters. The van der Waals surface area contributed by atoms with Crippen LogP contribution in [-0.4, -0.2) is 38.1 Å². The average Bonchev–Trinajstić information content (AvgIpc) is 2.38. The Morgan fingerprint density at radius 3 is 2.44 bits per heavy atom. The Bertz CT molecular complexity index is 382. The van der Waals surface area contributed by atoms with E-state index in [0.29, 0.717) is 10.7 Å². The van der Waals surface area contributed by atoms with Gasteiger partial charge < -0.3 is 14.8 Å². The minimum atomic E-state index is -0.564. The number of methoxy groups -OCH3 is 2. The Kier molecular flexibility index (Phi) is 5.87. The van der Waals surface area contributed by atoms with Crippen LogP contribution in [-0.2, 0) is 9.47 Å². The number of carbonyl (C=O) groups excluding carboxylic acids is 1. The zero-order valence-electron chi connectivity index (χ0n) is 10.2. The van der Waals surface area contributed by atoms with Crippen LogP contribution in [0, 0.1) is 0 Å². The fourth-order valence-electron chi connectivity index (χ4n) is 1.22. The molecule has 0 aliphatic rings. The third-order valence-corrected chi connectivity index (χ3v) is 2.48. The largest absolute Gasteiger partial charge is 0.354 e. The van der Waals surface area contributed by atoms with Gasteiger partial charge in [0, 0.05) is 24.9 Å². The Balaban J connectivity index is 2.51. The molecule has 0 radical (unpaired) electrons. The normalized spacial score (nSPS) is 10.5. The van der Waals surface area contributed by atoms with Crippen molar-refractivity contribution < 1.29 is 14.3 Å². The summed E-state index contributed by atoms with van der Waals surface area (Å²) in [5, 5.41) is 4.19. The first kappa shape index (κ1) is 14.7. The van der Waals surface area contributed by atoms with Gasteiger partial charge in [-0.3, -0.25) is 5.01 Å². The van der Waals surface area contributed by atoms with Gasteiger partial charge in [-0.05, 0) is 24.3 Å². The molecular formula is C11H16ClN3O3. The van der Waals surface area contributed by atoms with Gasteiger partial charge in [0.05, 0.1) is 6.54 Å². The maximum Gasteiger partial charge on any atom is 0.336 e. The summed E-state index contributed by atoms with van der Waals surface area (Å²) in [6.45, 7) is 0.117. The second-order valence-electron chi connectivity index (χ2n) is 3.49. The van der Waals surface area contributed by atoms with Gasteiger partial charge in [-0.25, -0.2) is 10.6 Å². The molecule has 1 aromatic rings. The number of anilines is 1. The van der Waals surface area contributed by atoms with Crippen LogP contribution in [0.4, 0.5) is 10.5 Å². The molecule has 3 N–H and O–H groups in total. The van der Waals surface area contributed by atoms with E-state index in [0.717, 1.165) is 5.01 Å². The fraction of sp³-hybridized carbons (Fsp3) is 0.364. The second kappa shape index (κ2) is 7.17. The van der Waals surface area contributed by atoms with Gasteiger partial charge >= 0.3 is 6.03 Å². The van der Waals surface area contributed by atoms with Crippen molar-refractivity contribution in [2.45, 2.75) is 6.29 Å². The average molecular weight is 274 g/mol. The molecule has 0 saturated carbocycles. The van der Waals surface area contributed by atoms with Crippen LogP contribution < -0.4 is 11.2 Å². The third-order valence-electron chi connectivity index (χ3n) is 2.23. The number of carbonyl (C=O) groups is 1. The smallest absolute Gasteiger partial charge is 0.336 e. The maximum atomic E-state index is 11.7. The summed E-state index contributed by atoms with van der Waals surface area (Å²) < 4.78 is 9.89. The lowest BCUT2D eigenvalue weighted by atomic mass is 10.3. The molecule has 0 fully saturated rings. The molecule has 0 aliphatic carbocycles. The zero-order chi connectivity index (χ0) is 13.5. The van der Waals surface area contributed by atoms with Gasteiger partial charge in [0.2, 0.25) is 0 Å². The number of urea groups is 1. The molecule has 7 heteroatoms. The molecule has 1 rings (SSSR count). The summed E-state index contributed by atoms with van der Waals surface area (Å²) in [6.07, 6.45) is -0.564. The maximum absolute atomic E-state index is 11.7. The molecule has 6 nitrogen and oxygen atoms in total. The summed E-state index contributed by atoms with van der Waals surface area (Å²) in [6, 6.07) is 6.24. The van der Waals surface area contributed by atoms with Crippen LogP contribution in [0.15, 0.2) is 24.3 Å². The highest BCUT2D eigenvalue weighted by Gasteiger charge is 2.15. The topological polar surface area (TPSA) is 76.8 Å². The van der Waals surface area contributed by atoms with E-state index < -0.39 is 12.3 Å². The highest BCUT2D eigenvalue weighted by atomic mass is 35.5. The lowest BCUT2D eigenvalue weighted by Crippen LogP contribution is -2.45. The number of ether oxygens (including phenoxy) is 2. The second-order valence-corrected chi connectivity index (χ2v) is 3.93. The zero-order valence-corrected chi connectivity index (χ0v) is 11.0. The van der Waals surface area contributed by atoms with Crippen LogP contribution in [0.2, 0.25) is 5.02 Å². The summed E-state index contributed by atoms with van der Waals surface area (Å²) >= 11 is 5.74. The summed E-state index contributed by atoms with van der Waals surface area (Å²) in [4.78, 5) is 11.7. The van der Waals surface area contributed by atoms with Crippen molar-refractivity contribution in [1.29, 1.82) is 0 Å². The molecule has 0 spiro atoms. The summed E-state index contributed by atoms with van der Waals surface area (Å²) in [5.41, 5.74) is 0.603. The number of hydrogen-bond acceptors (Lipinski definition) is 4. The number of nitrogens with two attached hydrogens (primary N) is 1. The van der Waals surface area contributed by atoms with E-state index in [-0.39, 0.29) is 6.54 Å². The number of nitrogens with one attached hydrogen (secondary N) is 1. The first-order valence-electron chi connectivity index (χ1n) is 5.21. The third kappa shape index (κ3) is 4.50. The molecule has 0 heterocycles. The lowest BCUT2D eigenvalue weighted by Gasteiger charge is -2.21. The highest BCUT2D eigenvalue weighted by Crippen LogP contribution is 2.13. The first-order valence-corrected chi connectivity index (χ1v) is 5.59. The van der Waals surface area contributed by atoms with Crippen LogP contribution >= 0.6 is 11.6 Å². The van der Waals surface area contributed by atoms with Crippen molar-refractivity contribution in [3.05, 3.63) is 29.3 Å². The number of rotatable bonds is 5. The van der Waals surface area contributed by atoms with E-state index in [1.165, 1.54) is 14.2 Å². The summed E-state index contributed by atoms with van der Waals surface area (Å²) in [7, 11) is 2.94. The Morgan fingerprint density at radius 1 is 1.39 bits per heavy atom. The molecule has 0 bridgehead atoms. The van der Waals surface area contributed by atoms with Gasteiger partial charge in [-0.1, -0.05) is 11.6 Å². The standard InChI is InChI=1S/C11H16ClN3O3/c1-17-10(18-2)7-15(13)11(16)14-9-5-3-8(12)4-6-9/h3-6,10H,7,13H2,1-2H3,(H,14,16). The van der Waals surface area contributed by atoms with Crippen molar-refractivity contribution in [2.24, 2.45) is 5.84 Å². The molecular weight excluding hydrogens is 258 g/mol. The Labute approximate surface area is 111 Å². The predicted molar refractivity (Wildman–Crippen MR) is 69.2 cm³/mol. The van der Waals surface area contributed by atoms with Crippen LogP contribution in [0.3, 0.4) is 0 Å². The molecule has 0 saturated heterocycles. The van der Waals surface area contributed by atoms with Gasteiger partial charge in [-0.2, -0.15) is 0 Å². The summed E-state index contributed by atoms with van der Waals surface area (Å²) in [5.74, 6) is 5.58. The number of amides is 2. The Morgan fingerprint density at radius 2 is 1.94 bits per heavy atom. The van der Waals surface area contributed by atoms with Crippen molar-refractivity contribution in [3.63, 3.8) is 0 Å². The predicted octanol–water partition coefficient (Wildman–Crippen LogP) is 1.67. The SMILES string of the molecule is COC(CN(N)C(=O)Nc1ccc(Cl)cc1)OC. The molecule has 1 aromatic carbocycles. The number of halogens is 1. The van der Waals surface area contributed by atoms with Gasteiger partial charge in [0.1, 0.15) is 0 Å². The van der Waals surface area contributed by atoms with Crippen LogP contribution in [0.5, 0.6) is 0 Å². The first-order chi connectivity index (χ1) is 8.56. The van der Waals surface area contributed by atoms with Gasteiger partial charge in [-0.15, -0.1) is 0 Å². The minimum absolute atomic E-state index is 0.117. The van der Waals surface area contributed by atoms with Crippen molar-refractivity contribution >= 4 is 23.3 Å². The monoisotopic (exact) mass is 273 g/mol. The van der Waals surface area contributed by atoms with E-state index in [4.69, 9.17) is 26.9 Å². The highest BCUT2D eigenvalue weighted by molar-refractivity contribution is 6.30. The van der Waals surface area contributed by atoms with Crippen LogP contribution in [0.1, 0.15) is 0 Å².